The molecule has 0 radical (unpaired) electrons. The summed E-state index contributed by atoms with van der Waals surface area (Å²) in [5.41, 5.74) is 1.10. The first-order valence-electron chi connectivity index (χ1n) is 4.48. The molecule has 4 heteroatoms. The molecule has 2 heterocycles. The van der Waals surface area contributed by atoms with E-state index in [2.05, 4.69) is 20.3 Å². The van der Waals surface area contributed by atoms with Gasteiger partial charge >= 0.3 is 0 Å². The third kappa shape index (κ3) is 1.65. The summed E-state index contributed by atoms with van der Waals surface area (Å²) in [6.45, 7) is 0. The van der Waals surface area contributed by atoms with Crippen LogP contribution in [-0.4, -0.2) is 22.0 Å². The summed E-state index contributed by atoms with van der Waals surface area (Å²) in [4.78, 5) is 11.4. The van der Waals surface area contributed by atoms with Gasteiger partial charge in [0.1, 0.15) is 5.82 Å². The van der Waals surface area contributed by atoms with Crippen LogP contribution in [0.3, 0.4) is 0 Å². The number of hydrogen-bond donors (Lipinski definition) is 2. The van der Waals surface area contributed by atoms with Crippen molar-refractivity contribution in [2.24, 2.45) is 0 Å². The van der Waals surface area contributed by atoms with Crippen LogP contribution in [0.2, 0.25) is 0 Å². The Morgan fingerprint density at radius 1 is 1.43 bits per heavy atom. The first-order valence-corrected chi connectivity index (χ1v) is 4.48. The van der Waals surface area contributed by atoms with Crippen molar-refractivity contribution in [1.82, 2.24) is 20.3 Å². The van der Waals surface area contributed by atoms with Crippen molar-refractivity contribution in [3.8, 4) is 0 Å². The summed E-state index contributed by atoms with van der Waals surface area (Å²) in [5, 5.41) is 3.19. The van der Waals surface area contributed by atoms with E-state index >= 15 is 0 Å². The third-order valence-corrected chi connectivity index (χ3v) is 2.10. The molecule has 2 rings (SSSR count). The molecule has 0 spiro atoms. The van der Waals surface area contributed by atoms with Crippen LogP contribution in [0.5, 0.6) is 0 Å². The Kier molecular flexibility index (Phi) is 2.55. The van der Waals surface area contributed by atoms with E-state index in [1.807, 2.05) is 31.6 Å². The van der Waals surface area contributed by atoms with Crippen molar-refractivity contribution in [3.05, 3.63) is 48.3 Å². The Bertz CT molecular complexity index is 368. The molecule has 2 aromatic heterocycles. The molecule has 0 saturated heterocycles. The van der Waals surface area contributed by atoms with Crippen molar-refractivity contribution in [2.45, 2.75) is 6.04 Å². The summed E-state index contributed by atoms with van der Waals surface area (Å²) in [6.07, 6.45) is 7.16. The summed E-state index contributed by atoms with van der Waals surface area (Å²) in [6, 6.07) is 4.03. The van der Waals surface area contributed by atoms with E-state index in [0.717, 1.165) is 11.4 Å². The zero-order valence-corrected chi connectivity index (χ0v) is 7.94. The van der Waals surface area contributed by atoms with E-state index in [-0.39, 0.29) is 6.04 Å². The average molecular weight is 188 g/mol. The van der Waals surface area contributed by atoms with Gasteiger partial charge in [-0.1, -0.05) is 6.07 Å². The molecule has 0 bridgehead atoms. The zero-order chi connectivity index (χ0) is 9.80. The molecule has 2 N–H and O–H groups in total. The SMILES string of the molecule is CNC(c1cccnc1)c1ncc[nH]1. The smallest absolute Gasteiger partial charge is 0.127 e. The summed E-state index contributed by atoms with van der Waals surface area (Å²) >= 11 is 0. The van der Waals surface area contributed by atoms with Gasteiger partial charge in [-0.25, -0.2) is 4.98 Å². The van der Waals surface area contributed by atoms with Crippen LogP contribution in [0.15, 0.2) is 36.9 Å². The molecule has 72 valence electrons. The highest BCUT2D eigenvalue weighted by molar-refractivity contribution is 5.20. The molecule has 0 aliphatic heterocycles. The Morgan fingerprint density at radius 3 is 2.93 bits per heavy atom. The van der Waals surface area contributed by atoms with E-state index in [1.54, 1.807) is 12.4 Å². The van der Waals surface area contributed by atoms with E-state index in [0.29, 0.717) is 0 Å². The number of imidazole rings is 1. The predicted molar refractivity (Wildman–Crippen MR) is 53.7 cm³/mol. The van der Waals surface area contributed by atoms with Crippen molar-refractivity contribution >= 4 is 0 Å². The van der Waals surface area contributed by atoms with Gasteiger partial charge in [0.25, 0.3) is 0 Å². The predicted octanol–water partition coefficient (Wildman–Crippen LogP) is 1.11. The number of hydrogen-bond acceptors (Lipinski definition) is 3. The van der Waals surface area contributed by atoms with Gasteiger partial charge < -0.3 is 10.3 Å². The highest BCUT2D eigenvalue weighted by Gasteiger charge is 2.13. The van der Waals surface area contributed by atoms with E-state index in [1.165, 1.54) is 0 Å². The summed E-state index contributed by atoms with van der Waals surface area (Å²) in [7, 11) is 1.90. The minimum atomic E-state index is 0.0821. The molecule has 0 amide bonds. The van der Waals surface area contributed by atoms with Gasteiger partial charge in [0.05, 0.1) is 6.04 Å². The first kappa shape index (κ1) is 8.90. The highest BCUT2D eigenvalue weighted by atomic mass is 15.0. The van der Waals surface area contributed by atoms with Gasteiger partial charge in [0.15, 0.2) is 0 Å². The lowest BCUT2D eigenvalue weighted by Gasteiger charge is -2.12. The third-order valence-electron chi connectivity index (χ3n) is 2.10. The van der Waals surface area contributed by atoms with Crippen LogP contribution in [0.4, 0.5) is 0 Å². The Hall–Kier alpha value is -1.68. The number of H-pyrrole nitrogens is 1. The van der Waals surface area contributed by atoms with Crippen LogP contribution in [0.1, 0.15) is 17.4 Å². The lowest BCUT2D eigenvalue weighted by Crippen LogP contribution is -2.19. The van der Waals surface area contributed by atoms with Crippen LogP contribution in [-0.2, 0) is 0 Å². The second-order valence-electron chi connectivity index (χ2n) is 2.98. The first-order chi connectivity index (χ1) is 6.92. The maximum absolute atomic E-state index is 4.22. The fourth-order valence-electron chi connectivity index (χ4n) is 1.44. The Labute approximate surface area is 82.4 Å². The molecular weight excluding hydrogens is 176 g/mol. The van der Waals surface area contributed by atoms with Crippen LogP contribution in [0, 0.1) is 0 Å². The number of nitrogens with zero attached hydrogens (tertiary/aromatic N) is 2. The molecule has 4 nitrogen and oxygen atoms in total. The second-order valence-corrected chi connectivity index (χ2v) is 2.98. The molecule has 14 heavy (non-hydrogen) atoms. The van der Waals surface area contributed by atoms with Crippen molar-refractivity contribution < 1.29 is 0 Å². The van der Waals surface area contributed by atoms with Gasteiger partial charge in [0, 0.05) is 24.8 Å². The average Bonchev–Trinajstić information content (AvgIpc) is 2.74. The summed E-state index contributed by atoms with van der Waals surface area (Å²) < 4.78 is 0. The van der Waals surface area contributed by atoms with Crippen molar-refractivity contribution in [1.29, 1.82) is 0 Å². The zero-order valence-electron chi connectivity index (χ0n) is 7.94. The lowest BCUT2D eigenvalue weighted by molar-refractivity contribution is 0.652. The van der Waals surface area contributed by atoms with Gasteiger partial charge in [0.2, 0.25) is 0 Å². The van der Waals surface area contributed by atoms with E-state index < -0.39 is 0 Å². The Balaban J connectivity index is 2.31. The van der Waals surface area contributed by atoms with Gasteiger partial charge in [-0.15, -0.1) is 0 Å². The minimum Gasteiger partial charge on any atom is -0.347 e. The quantitative estimate of drug-likeness (QED) is 0.758. The monoisotopic (exact) mass is 188 g/mol. The second kappa shape index (κ2) is 4.02. The van der Waals surface area contributed by atoms with Gasteiger partial charge in [-0.05, 0) is 18.7 Å². The number of pyridine rings is 1. The van der Waals surface area contributed by atoms with Crippen molar-refractivity contribution in [2.75, 3.05) is 7.05 Å². The molecule has 0 aliphatic carbocycles. The normalized spacial score (nSPS) is 12.6. The molecule has 0 aliphatic rings. The van der Waals surface area contributed by atoms with E-state index in [9.17, 15) is 0 Å². The molecule has 0 aromatic carbocycles. The fourth-order valence-corrected chi connectivity index (χ4v) is 1.44. The molecule has 1 unspecified atom stereocenters. The molecule has 1 atom stereocenters. The number of aromatic amines is 1. The Morgan fingerprint density at radius 2 is 2.36 bits per heavy atom. The molecular formula is C10H12N4. The molecule has 0 saturated carbocycles. The van der Waals surface area contributed by atoms with Crippen LogP contribution in [0.25, 0.3) is 0 Å². The van der Waals surface area contributed by atoms with Gasteiger partial charge in [-0.2, -0.15) is 0 Å². The van der Waals surface area contributed by atoms with E-state index in [4.69, 9.17) is 0 Å². The number of nitrogens with one attached hydrogen (secondary N) is 2. The minimum absolute atomic E-state index is 0.0821. The number of aromatic nitrogens is 3. The highest BCUT2D eigenvalue weighted by Crippen LogP contribution is 2.16. The standard InChI is InChI=1S/C10H12N4/c1-11-9(10-13-5-6-14-10)8-3-2-4-12-7-8/h2-7,9,11H,1H3,(H,13,14). The van der Waals surface area contributed by atoms with Crippen LogP contribution < -0.4 is 5.32 Å². The van der Waals surface area contributed by atoms with Crippen molar-refractivity contribution in [3.63, 3.8) is 0 Å². The maximum atomic E-state index is 4.22. The molecule has 0 fully saturated rings. The molecule has 2 aromatic rings. The largest absolute Gasteiger partial charge is 0.347 e. The fraction of sp³-hybridized carbons (Fsp3) is 0.200. The number of rotatable bonds is 3. The van der Waals surface area contributed by atoms with Crippen LogP contribution >= 0.6 is 0 Å². The summed E-state index contributed by atoms with van der Waals surface area (Å²) in [5.74, 6) is 0.903. The maximum Gasteiger partial charge on any atom is 0.127 e. The van der Waals surface area contributed by atoms with Gasteiger partial charge in [-0.3, -0.25) is 4.98 Å². The topological polar surface area (TPSA) is 53.6 Å². The lowest BCUT2D eigenvalue weighted by atomic mass is 10.1.